The summed E-state index contributed by atoms with van der Waals surface area (Å²) < 4.78 is 5.75. The van der Waals surface area contributed by atoms with Crippen molar-refractivity contribution in [3.63, 3.8) is 0 Å². The van der Waals surface area contributed by atoms with Gasteiger partial charge in [-0.05, 0) is 19.8 Å². The van der Waals surface area contributed by atoms with Crippen LogP contribution in [0.15, 0.2) is 6.33 Å². The van der Waals surface area contributed by atoms with Crippen molar-refractivity contribution in [2.45, 2.75) is 45.8 Å². The van der Waals surface area contributed by atoms with Crippen LogP contribution in [-0.2, 0) is 4.74 Å². The van der Waals surface area contributed by atoms with E-state index in [0.717, 1.165) is 24.5 Å². The zero-order chi connectivity index (χ0) is 13.3. The summed E-state index contributed by atoms with van der Waals surface area (Å²) >= 11 is 0. The van der Waals surface area contributed by atoms with Crippen molar-refractivity contribution in [2.24, 2.45) is 0 Å². The fourth-order valence-electron chi connectivity index (χ4n) is 2.56. The van der Waals surface area contributed by atoms with E-state index in [-0.39, 0.29) is 12.2 Å². The molecular weight excluding hydrogens is 228 g/mol. The van der Waals surface area contributed by atoms with Crippen molar-refractivity contribution in [1.29, 1.82) is 0 Å². The summed E-state index contributed by atoms with van der Waals surface area (Å²) in [5.41, 5.74) is 7.03. The standard InChI is InChI=1S/C13H22N4O/c1-8(2)11-12(14)15-7-16-13(11)17-5-9(3)18-10(4)6-17/h7-10H,5-6H2,1-4H3,(H2,14,15,16). The van der Waals surface area contributed by atoms with Crippen molar-refractivity contribution in [1.82, 2.24) is 9.97 Å². The molecule has 5 nitrogen and oxygen atoms in total. The lowest BCUT2D eigenvalue weighted by molar-refractivity contribution is -0.00552. The van der Waals surface area contributed by atoms with Gasteiger partial charge in [-0.1, -0.05) is 13.8 Å². The highest BCUT2D eigenvalue weighted by Crippen LogP contribution is 2.30. The smallest absolute Gasteiger partial charge is 0.137 e. The Morgan fingerprint density at radius 3 is 2.44 bits per heavy atom. The Balaban J connectivity index is 2.35. The summed E-state index contributed by atoms with van der Waals surface area (Å²) in [5, 5.41) is 0. The number of nitrogen functional groups attached to an aromatic ring is 1. The van der Waals surface area contributed by atoms with Gasteiger partial charge in [0.2, 0.25) is 0 Å². The van der Waals surface area contributed by atoms with Crippen LogP contribution in [0.1, 0.15) is 39.2 Å². The van der Waals surface area contributed by atoms with E-state index in [4.69, 9.17) is 10.5 Å². The third-order valence-electron chi connectivity index (χ3n) is 3.19. The van der Waals surface area contributed by atoms with Crippen LogP contribution in [0.3, 0.4) is 0 Å². The predicted molar refractivity (Wildman–Crippen MR) is 72.8 cm³/mol. The highest BCUT2D eigenvalue weighted by atomic mass is 16.5. The average molecular weight is 250 g/mol. The maximum atomic E-state index is 5.99. The second-order valence-corrected chi connectivity index (χ2v) is 5.31. The molecule has 1 aromatic heterocycles. The first-order valence-electron chi connectivity index (χ1n) is 6.49. The molecule has 0 radical (unpaired) electrons. The maximum Gasteiger partial charge on any atom is 0.137 e. The highest BCUT2D eigenvalue weighted by Gasteiger charge is 2.26. The molecule has 1 saturated heterocycles. The van der Waals surface area contributed by atoms with Gasteiger partial charge in [-0.3, -0.25) is 0 Å². The van der Waals surface area contributed by atoms with Gasteiger partial charge in [-0.15, -0.1) is 0 Å². The minimum atomic E-state index is 0.213. The van der Waals surface area contributed by atoms with Gasteiger partial charge < -0.3 is 15.4 Å². The number of morpholine rings is 1. The first-order valence-corrected chi connectivity index (χ1v) is 6.49. The largest absolute Gasteiger partial charge is 0.383 e. The molecule has 2 rings (SSSR count). The van der Waals surface area contributed by atoms with E-state index < -0.39 is 0 Å². The number of aromatic nitrogens is 2. The molecule has 2 atom stereocenters. The van der Waals surface area contributed by atoms with Crippen molar-refractivity contribution in [3.8, 4) is 0 Å². The van der Waals surface area contributed by atoms with Gasteiger partial charge in [0.15, 0.2) is 0 Å². The van der Waals surface area contributed by atoms with Crippen LogP contribution < -0.4 is 10.6 Å². The fraction of sp³-hybridized carbons (Fsp3) is 0.692. The summed E-state index contributed by atoms with van der Waals surface area (Å²) in [6.07, 6.45) is 1.97. The van der Waals surface area contributed by atoms with E-state index in [1.807, 2.05) is 0 Å². The molecule has 5 heteroatoms. The Kier molecular flexibility index (Phi) is 3.71. The average Bonchev–Trinajstić information content (AvgIpc) is 2.26. The minimum absolute atomic E-state index is 0.213. The molecule has 2 heterocycles. The zero-order valence-electron chi connectivity index (χ0n) is 11.6. The number of ether oxygens (including phenoxy) is 1. The number of rotatable bonds is 2. The highest BCUT2D eigenvalue weighted by molar-refractivity contribution is 5.58. The lowest BCUT2D eigenvalue weighted by Gasteiger charge is -2.37. The Bertz CT molecular complexity index is 411. The lowest BCUT2D eigenvalue weighted by Crippen LogP contribution is -2.46. The van der Waals surface area contributed by atoms with Crippen LogP contribution in [0.5, 0.6) is 0 Å². The van der Waals surface area contributed by atoms with E-state index in [1.54, 1.807) is 6.33 Å². The molecule has 1 fully saturated rings. The molecule has 0 amide bonds. The third-order valence-corrected chi connectivity index (χ3v) is 3.19. The van der Waals surface area contributed by atoms with Crippen LogP contribution >= 0.6 is 0 Å². The van der Waals surface area contributed by atoms with E-state index in [9.17, 15) is 0 Å². The quantitative estimate of drug-likeness (QED) is 0.867. The van der Waals surface area contributed by atoms with Gasteiger partial charge in [0, 0.05) is 18.7 Å². The van der Waals surface area contributed by atoms with Crippen LogP contribution in [0.25, 0.3) is 0 Å². The molecule has 1 aliphatic heterocycles. The first kappa shape index (κ1) is 13.1. The Hall–Kier alpha value is -1.36. The van der Waals surface area contributed by atoms with E-state index in [2.05, 4.69) is 42.6 Å². The summed E-state index contributed by atoms with van der Waals surface area (Å²) in [6.45, 7) is 10.1. The van der Waals surface area contributed by atoms with Gasteiger partial charge in [-0.25, -0.2) is 9.97 Å². The van der Waals surface area contributed by atoms with Crippen molar-refractivity contribution in [2.75, 3.05) is 23.7 Å². The third kappa shape index (κ3) is 2.56. The Morgan fingerprint density at radius 2 is 1.89 bits per heavy atom. The molecule has 2 unspecified atom stereocenters. The van der Waals surface area contributed by atoms with Crippen LogP contribution in [-0.4, -0.2) is 35.3 Å². The molecule has 0 spiro atoms. The normalized spacial score (nSPS) is 24.6. The van der Waals surface area contributed by atoms with Gasteiger partial charge in [-0.2, -0.15) is 0 Å². The van der Waals surface area contributed by atoms with Crippen molar-refractivity contribution < 1.29 is 4.74 Å². The Morgan fingerprint density at radius 1 is 1.28 bits per heavy atom. The Labute approximate surface area is 108 Å². The van der Waals surface area contributed by atoms with Crippen LogP contribution in [0, 0.1) is 0 Å². The van der Waals surface area contributed by atoms with Crippen molar-refractivity contribution in [3.05, 3.63) is 11.9 Å². The molecule has 1 aromatic rings. The van der Waals surface area contributed by atoms with Crippen molar-refractivity contribution >= 4 is 11.6 Å². The monoisotopic (exact) mass is 250 g/mol. The van der Waals surface area contributed by atoms with Crippen LogP contribution in [0.4, 0.5) is 11.6 Å². The second kappa shape index (κ2) is 5.10. The SMILES string of the molecule is CC1CN(c2ncnc(N)c2C(C)C)CC(C)O1. The molecule has 0 bridgehead atoms. The molecule has 100 valence electrons. The zero-order valence-corrected chi connectivity index (χ0v) is 11.6. The topological polar surface area (TPSA) is 64.3 Å². The first-order chi connectivity index (χ1) is 8.49. The summed E-state index contributed by atoms with van der Waals surface area (Å²) in [6, 6.07) is 0. The van der Waals surface area contributed by atoms with Gasteiger partial charge in [0.1, 0.15) is 18.0 Å². The summed E-state index contributed by atoms with van der Waals surface area (Å²) in [7, 11) is 0. The molecule has 1 aliphatic rings. The number of hydrogen-bond donors (Lipinski definition) is 1. The molecular formula is C13H22N4O. The second-order valence-electron chi connectivity index (χ2n) is 5.31. The molecule has 2 N–H and O–H groups in total. The van der Waals surface area contributed by atoms with Crippen LogP contribution in [0.2, 0.25) is 0 Å². The number of hydrogen-bond acceptors (Lipinski definition) is 5. The lowest BCUT2D eigenvalue weighted by atomic mass is 10.0. The van der Waals surface area contributed by atoms with E-state index >= 15 is 0 Å². The summed E-state index contributed by atoms with van der Waals surface area (Å²) in [5.74, 6) is 1.86. The number of nitrogens with zero attached hydrogens (tertiary/aromatic N) is 3. The predicted octanol–water partition coefficient (Wildman–Crippen LogP) is 1.80. The summed E-state index contributed by atoms with van der Waals surface area (Å²) in [4.78, 5) is 10.8. The van der Waals surface area contributed by atoms with Gasteiger partial charge in [0.05, 0.1) is 12.2 Å². The molecule has 18 heavy (non-hydrogen) atoms. The minimum Gasteiger partial charge on any atom is -0.383 e. The number of anilines is 2. The van der Waals surface area contributed by atoms with Gasteiger partial charge in [0.25, 0.3) is 0 Å². The molecule has 0 aromatic carbocycles. The molecule has 0 saturated carbocycles. The van der Waals surface area contributed by atoms with Gasteiger partial charge >= 0.3 is 0 Å². The fourth-order valence-corrected chi connectivity index (χ4v) is 2.56. The maximum absolute atomic E-state index is 5.99. The number of nitrogens with two attached hydrogens (primary N) is 1. The molecule has 0 aliphatic carbocycles. The van der Waals surface area contributed by atoms with E-state index in [0.29, 0.717) is 11.7 Å². The van der Waals surface area contributed by atoms with E-state index in [1.165, 1.54) is 0 Å².